The molecule has 1 aromatic carbocycles. The van der Waals surface area contributed by atoms with Gasteiger partial charge < -0.3 is 5.32 Å². The number of amides is 1. The molecular formula is C18H19N3O. The van der Waals surface area contributed by atoms with Crippen LogP contribution in [0.4, 0.5) is 0 Å². The fourth-order valence-corrected chi connectivity index (χ4v) is 3.01. The molecule has 1 fully saturated rings. The highest BCUT2D eigenvalue weighted by atomic mass is 16.2. The number of carbonyl (C=O) groups is 1. The zero-order valence-corrected chi connectivity index (χ0v) is 12.6. The lowest BCUT2D eigenvalue weighted by Crippen LogP contribution is -2.26. The van der Waals surface area contributed by atoms with Crippen molar-refractivity contribution in [3.8, 4) is 0 Å². The van der Waals surface area contributed by atoms with Crippen molar-refractivity contribution >= 4 is 11.5 Å². The zero-order valence-electron chi connectivity index (χ0n) is 12.6. The standard InChI is InChI=1S/C18H19N3O/c1-11-16(13-5-3-2-4-6-13)17(11)18(22)19-10-14-9-15(21-20-14)12-7-8-12/h2-6,9,12,17H,7-8,10H2,1H3,(H,19,22)(H,20,21)/t17-/m0/s1. The van der Waals surface area contributed by atoms with Crippen molar-refractivity contribution in [2.45, 2.75) is 32.2 Å². The summed E-state index contributed by atoms with van der Waals surface area (Å²) in [5.74, 6) is 0.657. The van der Waals surface area contributed by atoms with Crippen molar-refractivity contribution in [3.05, 3.63) is 58.9 Å². The summed E-state index contributed by atoms with van der Waals surface area (Å²) >= 11 is 0. The van der Waals surface area contributed by atoms with Crippen LogP contribution < -0.4 is 5.32 Å². The van der Waals surface area contributed by atoms with E-state index in [1.807, 2.05) is 25.1 Å². The topological polar surface area (TPSA) is 57.8 Å². The first kappa shape index (κ1) is 13.3. The average molecular weight is 293 g/mol. The van der Waals surface area contributed by atoms with Gasteiger partial charge in [0, 0.05) is 5.92 Å². The van der Waals surface area contributed by atoms with E-state index in [0.717, 1.165) is 17.0 Å². The monoisotopic (exact) mass is 293 g/mol. The van der Waals surface area contributed by atoms with Crippen LogP contribution in [0.3, 0.4) is 0 Å². The van der Waals surface area contributed by atoms with E-state index in [1.54, 1.807) is 0 Å². The van der Waals surface area contributed by atoms with Crippen LogP contribution in [0.1, 0.15) is 42.6 Å². The Balaban J connectivity index is 1.35. The Morgan fingerprint density at radius 2 is 2.09 bits per heavy atom. The first-order valence-corrected chi connectivity index (χ1v) is 7.82. The highest BCUT2D eigenvalue weighted by Crippen LogP contribution is 2.46. The Morgan fingerprint density at radius 1 is 1.32 bits per heavy atom. The van der Waals surface area contributed by atoms with Crippen molar-refractivity contribution in [1.82, 2.24) is 15.5 Å². The third-order valence-electron chi connectivity index (χ3n) is 4.51. The lowest BCUT2D eigenvalue weighted by atomic mass is 10.1. The Morgan fingerprint density at radius 3 is 2.82 bits per heavy atom. The molecule has 1 atom stereocenters. The van der Waals surface area contributed by atoms with Gasteiger partial charge in [-0.2, -0.15) is 5.10 Å². The number of aromatic nitrogens is 2. The maximum atomic E-state index is 12.3. The SMILES string of the molecule is CC1=C(c2ccccc2)[C@H]1C(=O)NCc1cc(C2CC2)n[nH]1. The van der Waals surface area contributed by atoms with Crippen molar-refractivity contribution in [2.75, 3.05) is 0 Å². The van der Waals surface area contributed by atoms with Gasteiger partial charge in [-0.25, -0.2) is 0 Å². The van der Waals surface area contributed by atoms with E-state index < -0.39 is 0 Å². The number of H-pyrrole nitrogens is 1. The van der Waals surface area contributed by atoms with Gasteiger partial charge in [0.25, 0.3) is 0 Å². The van der Waals surface area contributed by atoms with E-state index in [0.29, 0.717) is 12.5 Å². The molecule has 0 saturated heterocycles. The lowest BCUT2D eigenvalue weighted by molar-refractivity contribution is -0.121. The van der Waals surface area contributed by atoms with Crippen molar-refractivity contribution < 1.29 is 4.79 Å². The molecule has 0 spiro atoms. The maximum Gasteiger partial charge on any atom is 0.232 e. The second-order valence-electron chi connectivity index (χ2n) is 6.21. The molecule has 0 bridgehead atoms. The Labute approximate surface area is 129 Å². The number of hydrogen-bond donors (Lipinski definition) is 2. The molecule has 2 aliphatic rings. The van der Waals surface area contributed by atoms with Gasteiger partial charge in [-0.1, -0.05) is 35.9 Å². The van der Waals surface area contributed by atoms with Crippen LogP contribution in [0.15, 0.2) is 42.0 Å². The smallest absolute Gasteiger partial charge is 0.232 e. The predicted octanol–water partition coefficient (Wildman–Crippen LogP) is 3.01. The molecule has 2 aromatic rings. The zero-order chi connectivity index (χ0) is 15.1. The number of carbonyl (C=O) groups excluding carboxylic acids is 1. The van der Waals surface area contributed by atoms with E-state index in [-0.39, 0.29) is 11.8 Å². The molecule has 2 aliphatic carbocycles. The van der Waals surface area contributed by atoms with Gasteiger partial charge in [-0.15, -0.1) is 0 Å². The molecule has 2 N–H and O–H groups in total. The third kappa shape index (κ3) is 2.45. The van der Waals surface area contributed by atoms with Gasteiger partial charge in [0.05, 0.1) is 23.9 Å². The van der Waals surface area contributed by atoms with Crippen molar-refractivity contribution in [3.63, 3.8) is 0 Å². The predicted molar refractivity (Wildman–Crippen MR) is 84.9 cm³/mol. The summed E-state index contributed by atoms with van der Waals surface area (Å²) in [7, 11) is 0. The number of aromatic amines is 1. The third-order valence-corrected chi connectivity index (χ3v) is 4.51. The Bertz CT molecular complexity index is 741. The van der Waals surface area contributed by atoms with E-state index in [4.69, 9.17) is 0 Å². The van der Waals surface area contributed by atoms with Gasteiger partial charge in [0.1, 0.15) is 0 Å². The normalized spacial score (nSPS) is 20.1. The molecule has 0 unspecified atom stereocenters. The molecule has 0 radical (unpaired) electrons. The Hall–Kier alpha value is -2.36. The fraction of sp³-hybridized carbons (Fsp3) is 0.333. The van der Waals surface area contributed by atoms with Crippen LogP contribution in [-0.2, 0) is 11.3 Å². The number of nitrogens with one attached hydrogen (secondary N) is 2. The second-order valence-corrected chi connectivity index (χ2v) is 6.21. The molecule has 112 valence electrons. The van der Waals surface area contributed by atoms with E-state index in [1.165, 1.54) is 24.0 Å². The maximum absolute atomic E-state index is 12.3. The minimum atomic E-state index is -0.0618. The highest BCUT2D eigenvalue weighted by molar-refractivity contribution is 6.05. The van der Waals surface area contributed by atoms with Gasteiger partial charge in [0.2, 0.25) is 5.91 Å². The molecule has 1 heterocycles. The van der Waals surface area contributed by atoms with E-state index >= 15 is 0 Å². The summed E-state index contributed by atoms with van der Waals surface area (Å²) in [5.41, 5.74) is 5.61. The molecule has 4 rings (SSSR count). The molecule has 22 heavy (non-hydrogen) atoms. The molecule has 0 aliphatic heterocycles. The summed E-state index contributed by atoms with van der Waals surface area (Å²) in [6.45, 7) is 2.55. The van der Waals surface area contributed by atoms with Gasteiger partial charge >= 0.3 is 0 Å². The van der Waals surface area contributed by atoms with Crippen LogP contribution in [0.2, 0.25) is 0 Å². The van der Waals surface area contributed by atoms with Crippen molar-refractivity contribution in [2.24, 2.45) is 5.92 Å². The minimum absolute atomic E-state index is 0.0618. The molecule has 4 heteroatoms. The largest absolute Gasteiger partial charge is 0.350 e. The fourth-order valence-electron chi connectivity index (χ4n) is 3.01. The summed E-state index contributed by atoms with van der Waals surface area (Å²) in [4.78, 5) is 12.3. The number of hydrogen-bond acceptors (Lipinski definition) is 2. The van der Waals surface area contributed by atoms with Gasteiger partial charge in [0.15, 0.2) is 0 Å². The first-order chi connectivity index (χ1) is 10.7. The van der Waals surface area contributed by atoms with Gasteiger partial charge in [-0.05, 0) is 37.0 Å². The molecule has 1 saturated carbocycles. The first-order valence-electron chi connectivity index (χ1n) is 7.82. The Kier molecular flexibility index (Phi) is 3.10. The molecule has 1 amide bonds. The lowest BCUT2D eigenvalue weighted by Gasteiger charge is -2.04. The molecule has 4 nitrogen and oxygen atoms in total. The summed E-state index contributed by atoms with van der Waals surface area (Å²) < 4.78 is 0. The van der Waals surface area contributed by atoms with Crippen LogP contribution in [-0.4, -0.2) is 16.1 Å². The quantitative estimate of drug-likeness (QED) is 0.890. The second kappa shape index (κ2) is 5.13. The summed E-state index contributed by atoms with van der Waals surface area (Å²) in [5, 5.41) is 10.3. The summed E-state index contributed by atoms with van der Waals surface area (Å²) in [6, 6.07) is 12.2. The average Bonchev–Trinajstić information content (AvgIpc) is 3.45. The minimum Gasteiger partial charge on any atom is -0.350 e. The molecule has 1 aromatic heterocycles. The highest BCUT2D eigenvalue weighted by Gasteiger charge is 2.39. The summed E-state index contributed by atoms with van der Waals surface area (Å²) in [6.07, 6.45) is 2.48. The van der Waals surface area contributed by atoms with Gasteiger partial charge in [-0.3, -0.25) is 9.89 Å². The van der Waals surface area contributed by atoms with E-state index in [2.05, 4.69) is 33.7 Å². The van der Waals surface area contributed by atoms with Crippen molar-refractivity contribution in [1.29, 1.82) is 0 Å². The number of benzene rings is 1. The van der Waals surface area contributed by atoms with Crippen LogP contribution in [0.25, 0.3) is 5.57 Å². The van der Waals surface area contributed by atoms with Crippen LogP contribution >= 0.6 is 0 Å². The molecular weight excluding hydrogens is 274 g/mol. The van der Waals surface area contributed by atoms with Crippen LogP contribution in [0.5, 0.6) is 0 Å². The van der Waals surface area contributed by atoms with E-state index in [9.17, 15) is 4.79 Å². The van der Waals surface area contributed by atoms with Crippen LogP contribution in [0, 0.1) is 5.92 Å². The number of rotatable bonds is 5. The number of nitrogens with zero attached hydrogens (tertiary/aromatic N) is 1.